The molecule has 2 aromatic carbocycles. The average molecular weight is 377 g/mol. The first-order valence-corrected chi connectivity index (χ1v) is 8.85. The van der Waals surface area contributed by atoms with Crippen molar-refractivity contribution in [2.45, 2.75) is 13.8 Å². The minimum atomic E-state index is -0.350. The van der Waals surface area contributed by atoms with Gasteiger partial charge in [0.2, 0.25) is 0 Å². The molecule has 1 amide bonds. The maximum atomic E-state index is 12.7. The van der Waals surface area contributed by atoms with Crippen LogP contribution in [-0.4, -0.2) is 25.1 Å². The number of rotatable bonds is 6. The van der Waals surface area contributed by atoms with E-state index >= 15 is 0 Å². The molecular weight excluding hydrogens is 354 g/mol. The van der Waals surface area contributed by atoms with E-state index < -0.39 is 0 Å². The van der Waals surface area contributed by atoms with Gasteiger partial charge in [-0.1, -0.05) is 24.3 Å². The van der Waals surface area contributed by atoms with Crippen LogP contribution in [0.15, 0.2) is 54.7 Å². The normalized spacial score (nSPS) is 10.3. The summed E-state index contributed by atoms with van der Waals surface area (Å²) in [6.07, 6.45) is 1.68. The highest BCUT2D eigenvalue weighted by atomic mass is 16.5. The number of ether oxygens (including phenoxy) is 2. The molecule has 1 aromatic heterocycles. The molecule has 0 aliphatic heterocycles. The minimum absolute atomic E-state index is 0.326. The molecule has 0 spiro atoms. The number of methoxy groups -OCH3 is 2. The molecule has 3 rings (SSSR count). The van der Waals surface area contributed by atoms with Gasteiger partial charge in [0.05, 0.1) is 26.1 Å². The zero-order valence-corrected chi connectivity index (χ0v) is 16.4. The molecule has 144 valence electrons. The number of nitrogens with one attached hydrogen (secondary N) is 2. The van der Waals surface area contributed by atoms with Crippen molar-refractivity contribution in [1.82, 2.24) is 4.98 Å². The Hall–Kier alpha value is -3.54. The van der Waals surface area contributed by atoms with E-state index in [0.29, 0.717) is 22.9 Å². The van der Waals surface area contributed by atoms with Gasteiger partial charge in [-0.2, -0.15) is 0 Å². The molecule has 0 unspecified atom stereocenters. The largest absolute Gasteiger partial charge is 0.496 e. The molecule has 0 bridgehead atoms. The summed E-state index contributed by atoms with van der Waals surface area (Å²) in [5, 5.41) is 6.16. The molecule has 0 radical (unpaired) electrons. The van der Waals surface area contributed by atoms with Crippen LogP contribution < -0.4 is 20.1 Å². The molecule has 1 heterocycles. The van der Waals surface area contributed by atoms with Crippen molar-refractivity contribution >= 4 is 23.1 Å². The lowest BCUT2D eigenvalue weighted by Gasteiger charge is -2.14. The van der Waals surface area contributed by atoms with Gasteiger partial charge in [-0.3, -0.25) is 4.79 Å². The second kappa shape index (κ2) is 8.43. The Morgan fingerprint density at radius 2 is 1.50 bits per heavy atom. The standard InChI is InChI=1S/C22H23N3O3/c1-14-7-5-8-15(2)21(14)24-16-11-12-19(23-13-16)25-22(26)20-17(27-3)9-6-10-18(20)28-4/h5-13,24H,1-4H3,(H,23,25,26). The van der Waals surface area contributed by atoms with E-state index in [2.05, 4.69) is 41.6 Å². The van der Waals surface area contributed by atoms with E-state index in [-0.39, 0.29) is 5.91 Å². The first kappa shape index (κ1) is 19.2. The van der Waals surface area contributed by atoms with Crippen LogP contribution in [-0.2, 0) is 0 Å². The van der Waals surface area contributed by atoms with Crippen molar-refractivity contribution in [1.29, 1.82) is 0 Å². The topological polar surface area (TPSA) is 72.5 Å². The SMILES string of the molecule is COc1cccc(OC)c1C(=O)Nc1ccc(Nc2c(C)cccc2C)cn1. The molecule has 0 saturated carbocycles. The number of benzene rings is 2. The highest BCUT2D eigenvalue weighted by molar-refractivity contribution is 6.07. The number of aryl methyl sites for hydroxylation is 2. The lowest BCUT2D eigenvalue weighted by Crippen LogP contribution is -2.15. The van der Waals surface area contributed by atoms with Crippen LogP contribution in [0.25, 0.3) is 0 Å². The summed E-state index contributed by atoms with van der Waals surface area (Å²) in [5.74, 6) is 0.956. The van der Waals surface area contributed by atoms with Gasteiger partial charge in [0.25, 0.3) is 5.91 Å². The molecule has 28 heavy (non-hydrogen) atoms. The van der Waals surface area contributed by atoms with E-state index in [1.165, 1.54) is 14.2 Å². The van der Waals surface area contributed by atoms with Gasteiger partial charge in [-0.25, -0.2) is 4.98 Å². The van der Waals surface area contributed by atoms with Gasteiger partial charge in [-0.15, -0.1) is 0 Å². The molecule has 0 atom stereocenters. The van der Waals surface area contributed by atoms with Gasteiger partial charge in [0.15, 0.2) is 0 Å². The summed E-state index contributed by atoms with van der Waals surface area (Å²) in [7, 11) is 3.02. The zero-order chi connectivity index (χ0) is 20.1. The van der Waals surface area contributed by atoms with Crippen molar-refractivity contribution in [2.24, 2.45) is 0 Å². The van der Waals surface area contributed by atoms with E-state index in [1.54, 1.807) is 30.5 Å². The fourth-order valence-electron chi connectivity index (χ4n) is 2.95. The summed E-state index contributed by atoms with van der Waals surface area (Å²) >= 11 is 0. The van der Waals surface area contributed by atoms with Crippen molar-refractivity contribution < 1.29 is 14.3 Å². The minimum Gasteiger partial charge on any atom is -0.496 e. The highest BCUT2D eigenvalue weighted by Crippen LogP contribution is 2.29. The van der Waals surface area contributed by atoms with Crippen molar-refractivity contribution in [3.05, 3.63) is 71.4 Å². The molecule has 6 nitrogen and oxygen atoms in total. The van der Waals surface area contributed by atoms with E-state index in [9.17, 15) is 4.79 Å². The lowest BCUT2D eigenvalue weighted by atomic mass is 10.1. The van der Waals surface area contributed by atoms with E-state index in [4.69, 9.17) is 9.47 Å². The number of amides is 1. The third kappa shape index (κ3) is 4.06. The quantitative estimate of drug-likeness (QED) is 0.651. The van der Waals surface area contributed by atoms with Crippen molar-refractivity contribution in [2.75, 3.05) is 24.9 Å². The second-order valence-electron chi connectivity index (χ2n) is 6.32. The Balaban J connectivity index is 1.77. The number of nitrogens with zero attached hydrogens (tertiary/aromatic N) is 1. The molecule has 6 heteroatoms. The maximum Gasteiger partial charge on any atom is 0.264 e. The van der Waals surface area contributed by atoms with Gasteiger partial charge in [0.1, 0.15) is 22.9 Å². The summed E-state index contributed by atoms with van der Waals surface area (Å²) in [6, 6.07) is 14.9. The molecule has 0 aliphatic carbocycles. The maximum absolute atomic E-state index is 12.7. The number of para-hydroxylation sites is 1. The zero-order valence-electron chi connectivity index (χ0n) is 16.4. The number of hydrogen-bond donors (Lipinski definition) is 2. The summed E-state index contributed by atoms with van der Waals surface area (Å²) < 4.78 is 10.6. The molecule has 0 fully saturated rings. The third-order valence-corrected chi connectivity index (χ3v) is 4.41. The van der Waals surface area contributed by atoms with Crippen LogP contribution in [0.3, 0.4) is 0 Å². The number of carbonyl (C=O) groups is 1. The summed E-state index contributed by atoms with van der Waals surface area (Å²) in [6.45, 7) is 4.11. The van der Waals surface area contributed by atoms with Crippen LogP contribution >= 0.6 is 0 Å². The molecule has 2 N–H and O–H groups in total. The predicted octanol–water partition coefficient (Wildman–Crippen LogP) is 4.71. The Bertz CT molecular complexity index is 942. The number of anilines is 3. The first-order valence-electron chi connectivity index (χ1n) is 8.85. The molecule has 0 aliphatic rings. The fraction of sp³-hybridized carbons (Fsp3) is 0.182. The van der Waals surface area contributed by atoms with Crippen LogP contribution in [0, 0.1) is 13.8 Å². The highest BCUT2D eigenvalue weighted by Gasteiger charge is 2.18. The predicted molar refractivity (Wildman–Crippen MR) is 111 cm³/mol. The van der Waals surface area contributed by atoms with Gasteiger partial charge < -0.3 is 20.1 Å². The summed E-state index contributed by atoms with van der Waals surface area (Å²) in [5.41, 5.74) is 4.53. The molecule has 0 saturated heterocycles. The Kier molecular flexibility index (Phi) is 5.79. The Morgan fingerprint density at radius 1 is 0.893 bits per heavy atom. The smallest absolute Gasteiger partial charge is 0.264 e. The van der Waals surface area contributed by atoms with Crippen molar-refractivity contribution in [3.63, 3.8) is 0 Å². The monoisotopic (exact) mass is 377 g/mol. The number of carbonyl (C=O) groups excluding carboxylic acids is 1. The Morgan fingerprint density at radius 3 is 2.04 bits per heavy atom. The Labute approximate surface area is 164 Å². The van der Waals surface area contributed by atoms with Crippen molar-refractivity contribution in [3.8, 4) is 11.5 Å². The van der Waals surface area contributed by atoms with Crippen LogP contribution in [0.1, 0.15) is 21.5 Å². The first-order chi connectivity index (χ1) is 13.5. The van der Waals surface area contributed by atoms with Gasteiger partial charge in [-0.05, 0) is 49.2 Å². The molecular formula is C22H23N3O3. The van der Waals surface area contributed by atoms with E-state index in [1.807, 2.05) is 12.1 Å². The van der Waals surface area contributed by atoms with Crippen LogP contribution in [0.2, 0.25) is 0 Å². The fourth-order valence-corrected chi connectivity index (χ4v) is 2.95. The van der Waals surface area contributed by atoms with Crippen LogP contribution in [0.4, 0.5) is 17.2 Å². The second-order valence-corrected chi connectivity index (χ2v) is 6.32. The van der Waals surface area contributed by atoms with E-state index in [0.717, 1.165) is 22.5 Å². The van der Waals surface area contributed by atoms with Crippen LogP contribution in [0.5, 0.6) is 11.5 Å². The number of aromatic nitrogens is 1. The third-order valence-electron chi connectivity index (χ3n) is 4.41. The lowest BCUT2D eigenvalue weighted by molar-refractivity contribution is 0.102. The number of pyridine rings is 1. The summed E-state index contributed by atoms with van der Waals surface area (Å²) in [4.78, 5) is 17.0. The van der Waals surface area contributed by atoms with Gasteiger partial charge >= 0.3 is 0 Å². The average Bonchev–Trinajstić information content (AvgIpc) is 2.71. The number of hydrogen-bond acceptors (Lipinski definition) is 5. The van der Waals surface area contributed by atoms with Gasteiger partial charge in [0, 0.05) is 5.69 Å². The molecule has 3 aromatic rings.